The second-order valence-electron chi connectivity index (χ2n) is 5.95. The molecule has 21 heavy (non-hydrogen) atoms. The van der Waals surface area contributed by atoms with Gasteiger partial charge in [0.15, 0.2) is 0 Å². The van der Waals surface area contributed by atoms with E-state index in [1.807, 2.05) is 0 Å². The van der Waals surface area contributed by atoms with Gasteiger partial charge in [0.25, 0.3) is 0 Å². The van der Waals surface area contributed by atoms with Crippen molar-refractivity contribution in [1.82, 2.24) is 5.32 Å². The molecule has 2 unspecified atom stereocenters. The molecule has 2 rings (SSSR count). The van der Waals surface area contributed by atoms with E-state index >= 15 is 0 Å². The van der Waals surface area contributed by atoms with Gasteiger partial charge in [0.1, 0.15) is 0 Å². The van der Waals surface area contributed by atoms with E-state index in [1.165, 1.54) is 16.8 Å². The van der Waals surface area contributed by atoms with Gasteiger partial charge < -0.3 is 19.7 Å². The Hall–Kier alpha value is -1.10. The zero-order valence-electron chi connectivity index (χ0n) is 13.7. The van der Waals surface area contributed by atoms with E-state index in [9.17, 15) is 0 Å². The van der Waals surface area contributed by atoms with Crippen LogP contribution in [0.4, 0.5) is 5.69 Å². The van der Waals surface area contributed by atoms with Crippen LogP contribution in [0.15, 0.2) is 18.2 Å². The quantitative estimate of drug-likeness (QED) is 0.816. The first-order valence-corrected chi connectivity index (χ1v) is 7.79. The highest BCUT2D eigenvalue weighted by atomic mass is 16.5. The van der Waals surface area contributed by atoms with E-state index in [4.69, 9.17) is 9.47 Å². The number of nitrogens with zero attached hydrogens (tertiary/aromatic N) is 1. The predicted molar refractivity (Wildman–Crippen MR) is 87.0 cm³/mol. The summed E-state index contributed by atoms with van der Waals surface area (Å²) in [6.07, 6.45) is 0.590. The Morgan fingerprint density at radius 1 is 1.29 bits per heavy atom. The first-order chi connectivity index (χ1) is 10.1. The molecule has 1 aromatic carbocycles. The minimum atomic E-state index is 0.295. The molecule has 118 valence electrons. The van der Waals surface area contributed by atoms with Crippen molar-refractivity contribution in [2.24, 2.45) is 0 Å². The normalized spacial score (nSPS) is 22.6. The standard InChI is InChI=1S/C17H28N2O2/c1-13-9-16(10-18-7-8-20-4)5-6-17(13)19-11-14(2)21-15(3)12-19/h5-6,9,14-15,18H,7-8,10-12H2,1-4H3. The molecule has 2 atom stereocenters. The third kappa shape index (κ3) is 4.70. The summed E-state index contributed by atoms with van der Waals surface area (Å²) in [5.41, 5.74) is 3.99. The van der Waals surface area contributed by atoms with Crippen molar-refractivity contribution < 1.29 is 9.47 Å². The van der Waals surface area contributed by atoms with Crippen molar-refractivity contribution in [2.75, 3.05) is 38.3 Å². The molecule has 4 nitrogen and oxygen atoms in total. The maximum atomic E-state index is 5.81. The minimum absolute atomic E-state index is 0.295. The second kappa shape index (κ2) is 7.78. The van der Waals surface area contributed by atoms with E-state index in [0.29, 0.717) is 12.2 Å². The van der Waals surface area contributed by atoms with Gasteiger partial charge in [-0.25, -0.2) is 0 Å². The van der Waals surface area contributed by atoms with Gasteiger partial charge >= 0.3 is 0 Å². The average Bonchev–Trinajstić information content (AvgIpc) is 2.42. The minimum Gasteiger partial charge on any atom is -0.383 e. The summed E-state index contributed by atoms with van der Waals surface area (Å²) in [5.74, 6) is 0. The zero-order valence-corrected chi connectivity index (χ0v) is 13.7. The van der Waals surface area contributed by atoms with Gasteiger partial charge in [-0.15, -0.1) is 0 Å². The SMILES string of the molecule is COCCNCc1ccc(N2CC(C)OC(C)C2)c(C)c1. The zero-order chi connectivity index (χ0) is 15.2. The fourth-order valence-electron chi connectivity index (χ4n) is 2.96. The van der Waals surface area contributed by atoms with E-state index in [1.54, 1.807) is 7.11 Å². The van der Waals surface area contributed by atoms with Crippen LogP contribution in [0, 0.1) is 6.92 Å². The number of aryl methyl sites for hydroxylation is 1. The highest BCUT2D eigenvalue weighted by Gasteiger charge is 2.23. The van der Waals surface area contributed by atoms with E-state index in [2.05, 4.69) is 49.2 Å². The van der Waals surface area contributed by atoms with Crippen LogP contribution < -0.4 is 10.2 Å². The van der Waals surface area contributed by atoms with Gasteiger partial charge in [-0.2, -0.15) is 0 Å². The van der Waals surface area contributed by atoms with Crippen LogP contribution in [0.5, 0.6) is 0 Å². The topological polar surface area (TPSA) is 33.7 Å². The van der Waals surface area contributed by atoms with Gasteiger partial charge in [0.2, 0.25) is 0 Å². The van der Waals surface area contributed by atoms with Crippen molar-refractivity contribution in [2.45, 2.75) is 39.5 Å². The number of nitrogens with one attached hydrogen (secondary N) is 1. The molecular formula is C17H28N2O2. The summed E-state index contributed by atoms with van der Waals surface area (Å²) >= 11 is 0. The average molecular weight is 292 g/mol. The molecule has 0 aliphatic carbocycles. The molecule has 4 heteroatoms. The van der Waals surface area contributed by atoms with Crippen molar-refractivity contribution in [3.8, 4) is 0 Å². The van der Waals surface area contributed by atoms with Crippen molar-refractivity contribution in [3.63, 3.8) is 0 Å². The van der Waals surface area contributed by atoms with Crippen LogP contribution in [-0.4, -0.2) is 45.6 Å². The molecule has 0 aromatic heterocycles. The largest absolute Gasteiger partial charge is 0.383 e. The summed E-state index contributed by atoms with van der Waals surface area (Å²) in [6.45, 7) is 10.9. The van der Waals surface area contributed by atoms with Crippen LogP contribution >= 0.6 is 0 Å². The van der Waals surface area contributed by atoms with E-state index in [-0.39, 0.29) is 0 Å². The highest BCUT2D eigenvalue weighted by molar-refractivity contribution is 5.55. The molecule has 0 radical (unpaired) electrons. The Morgan fingerprint density at radius 2 is 2.00 bits per heavy atom. The predicted octanol–water partition coefficient (Wildman–Crippen LogP) is 2.34. The molecule has 0 amide bonds. The molecular weight excluding hydrogens is 264 g/mol. The molecule has 0 saturated carbocycles. The van der Waals surface area contributed by atoms with Gasteiger partial charge in [-0.3, -0.25) is 0 Å². The number of ether oxygens (including phenoxy) is 2. The maximum absolute atomic E-state index is 5.81. The van der Waals surface area contributed by atoms with Gasteiger partial charge in [-0.1, -0.05) is 12.1 Å². The summed E-state index contributed by atoms with van der Waals surface area (Å²) in [5, 5.41) is 3.38. The van der Waals surface area contributed by atoms with E-state index < -0.39 is 0 Å². The van der Waals surface area contributed by atoms with Crippen molar-refractivity contribution in [1.29, 1.82) is 0 Å². The lowest BCUT2D eigenvalue weighted by molar-refractivity contribution is -0.00524. The number of benzene rings is 1. The summed E-state index contributed by atoms with van der Waals surface area (Å²) in [4.78, 5) is 2.44. The Balaban J connectivity index is 1.98. The summed E-state index contributed by atoms with van der Waals surface area (Å²) in [7, 11) is 1.73. The van der Waals surface area contributed by atoms with Crippen molar-refractivity contribution in [3.05, 3.63) is 29.3 Å². The third-order valence-corrected chi connectivity index (χ3v) is 3.83. The lowest BCUT2D eigenvalue weighted by atomic mass is 10.1. The Kier molecular flexibility index (Phi) is 6.03. The molecule has 1 aromatic rings. The fourth-order valence-corrected chi connectivity index (χ4v) is 2.96. The Morgan fingerprint density at radius 3 is 2.62 bits per heavy atom. The number of methoxy groups -OCH3 is 1. The van der Waals surface area contributed by atoms with E-state index in [0.717, 1.165) is 32.8 Å². The molecule has 1 N–H and O–H groups in total. The number of morpholine rings is 1. The summed E-state index contributed by atoms with van der Waals surface area (Å²) in [6, 6.07) is 6.74. The Bertz CT molecular complexity index is 440. The smallest absolute Gasteiger partial charge is 0.0726 e. The first kappa shape index (κ1) is 16.3. The molecule has 1 fully saturated rings. The number of hydrogen-bond acceptors (Lipinski definition) is 4. The van der Waals surface area contributed by atoms with Gasteiger partial charge in [0.05, 0.1) is 18.8 Å². The summed E-state index contributed by atoms with van der Waals surface area (Å²) < 4.78 is 10.9. The number of anilines is 1. The van der Waals surface area contributed by atoms with Crippen LogP contribution in [0.2, 0.25) is 0 Å². The monoisotopic (exact) mass is 292 g/mol. The number of rotatable bonds is 6. The maximum Gasteiger partial charge on any atom is 0.0726 e. The molecule has 1 aliphatic rings. The second-order valence-corrected chi connectivity index (χ2v) is 5.95. The highest BCUT2D eigenvalue weighted by Crippen LogP contribution is 2.25. The number of hydrogen-bond donors (Lipinski definition) is 1. The lowest BCUT2D eigenvalue weighted by Crippen LogP contribution is -2.45. The fraction of sp³-hybridized carbons (Fsp3) is 0.647. The van der Waals surface area contributed by atoms with Crippen LogP contribution in [0.3, 0.4) is 0 Å². The Labute approximate surface area is 128 Å². The molecule has 1 aliphatic heterocycles. The lowest BCUT2D eigenvalue weighted by Gasteiger charge is -2.37. The van der Waals surface area contributed by atoms with Gasteiger partial charge in [-0.05, 0) is 38.0 Å². The van der Waals surface area contributed by atoms with Gasteiger partial charge in [0, 0.05) is 39.0 Å². The van der Waals surface area contributed by atoms with Crippen molar-refractivity contribution >= 4 is 5.69 Å². The third-order valence-electron chi connectivity index (χ3n) is 3.83. The molecule has 0 bridgehead atoms. The molecule has 0 spiro atoms. The molecule has 1 saturated heterocycles. The van der Waals surface area contributed by atoms with Crippen LogP contribution in [-0.2, 0) is 16.0 Å². The van der Waals surface area contributed by atoms with Crippen LogP contribution in [0.1, 0.15) is 25.0 Å². The van der Waals surface area contributed by atoms with Crippen LogP contribution in [0.25, 0.3) is 0 Å². The first-order valence-electron chi connectivity index (χ1n) is 7.79. The molecule has 1 heterocycles.